The summed E-state index contributed by atoms with van der Waals surface area (Å²) in [4.78, 5) is 22.2. The Morgan fingerprint density at radius 2 is 1.68 bits per heavy atom. The van der Waals surface area contributed by atoms with Crippen molar-refractivity contribution in [3.05, 3.63) is 48.0 Å². The Bertz CT molecular complexity index is 1080. The van der Waals surface area contributed by atoms with E-state index in [0.29, 0.717) is 45.7 Å². The first-order valence-corrected chi connectivity index (χ1v) is 8.61. The smallest absolute Gasteiger partial charge is 0.189 e. The van der Waals surface area contributed by atoms with Crippen molar-refractivity contribution in [1.29, 1.82) is 0 Å². The zero-order valence-electron chi connectivity index (χ0n) is 15.8. The summed E-state index contributed by atoms with van der Waals surface area (Å²) in [6.45, 7) is 0.109. The number of methoxy groups -OCH3 is 3. The number of nitrogens with two attached hydrogens (primary N) is 1. The molecule has 0 unspecified atom stereocenters. The van der Waals surface area contributed by atoms with Gasteiger partial charge in [0.05, 0.1) is 44.6 Å². The van der Waals surface area contributed by atoms with Crippen molar-refractivity contribution >= 4 is 28.1 Å². The zero-order chi connectivity index (χ0) is 19.8. The van der Waals surface area contributed by atoms with E-state index < -0.39 is 0 Å². The summed E-state index contributed by atoms with van der Waals surface area (Å²) in [5.41, 5.74) is 8.91. The van der Waals surface area contributed by atoms with Gasteiger partial charge in [0.25, 0.3) is 0 Å². The van der Waals surface area contributed by atoms with E-state index in [1.165, 1.54) is 0 Å². The molecule has 0 fully saturated rings. The van der Waals surface area contributed by atoms with Gasteiger partial charge in [-0.2, -0.15) is 0 Å². The van der Waals surface area contributed by atoms with Crippen molar-refractivity contribution in [3.8, 4) is 17.2 Å². The summed E-state index contributed by atoms with van der Waals surface area (Å²) in [7, 11) is 4.73. The number of imidazole rings is 1. The molecule has 0 atom stereocenters. The highest BCUT2D eigenvalue weighted by molar-refractivity contribution is 6.26. The van der Waals surface area contributed by atoms with Gasteiger partial charge in [-0.25, -0.2) is 4.98 Å². The number of nitrogens with one attached hydrogen (secondary N) is 1. The molecule has 8 nitrogen and oxygen atoms in total. The molecule has 0 bridgehead atoms. The third-order valence-corrected chi connectivity index (χ3v) is 4.70. The standard InChI is InChI=1S/C20H20N4O4/c1-26-12-4-5-15-16(9-12)23-20(22-15)18-17(25)10-24(19(18)21)11-6-13(27-2)8-14(7-11)28-3/h4-9H,10,21H2,1-3H3,(H,22,23). The molecule has 0 aliphatic carbocycles. The van der Waals surface area contributed by atoms with Crippen LogP contribution >= 0.6 is 0 Å². The minimum absolute atomic E-state index is 0.109. The minimum Gasteiger partial charge on any atom is -0.497 e. The summed E-state index contributed by atoms with van der Waals surface area (Å²) < 4.78 is 15.9. The van der Waals surface area contributed by atoms with Crippen LogP contribution in [0.5, 0.6) is 17.2 Å². The highest BCUT2D eigenvalue weighted by Gasteiger charge is 2.32. The molecular weight excluding hydrogens is 360 g/mol. The molecule has 3 N–H and O–H groups in total. The number of hydrogen-bond acceptors (Lipinski definition) is 7. The van der Waals surface area contributed by atoms with E-state index in [4.69, 9.17) is 19.9 Å². The number of benzene rings is 2. The zero-order valence-corrected chi connectivity index (χ0v) is 15.8. The molecule has 0 spiro atoms. The first-order valence-electron chi connectivity index (χ1n) is 8.61. The molecule has 0 radical (unpaired) electrons. The molecule has 0 saturated carbocycles. The number of Topliss-reactive ketones (excluding diaryl/α,β-unsaturated/α-hetero) is 1. The molecule has 8 heteroatoms. The average Bonchev–Trinajstić information content (AvgIpc) is 3.26. The van der Waals surface area contributed by atoms with Gasteiger partial charge in [0, 0.05) is 24.3 Å². The van der Waals surface area contributed by atoms with Crippen molar-refractivity contribution in [2.75, 3.05) is 32.8 Å². The number of anilines is 1. The highest BCUT2D eigenvalue weighted by atomic mass is 16.5. The summed E-state index contributed by atoms with van der Waals surface area (Å²) in [6.07, 6.45) is 0. The molecule has 0 saturated heterocycles. The third-order valence-electron chi connectivity index (χ3n) is 4.70. The van der Waals surface area contributed by atoms with Gasteiger partial charge in [-0.3, -0.25) is 4.79 Å². The van der Waals surface area contributed by atoms with Gasteiger partial charge >= 0.3 is 0 Å². The molecular formula is C20H20N4O4. The molecule has 144 valence electrons. The Morgan fingerprint density at radius 1 is 1.00 bits per heavy atom. The number of ether oxygens (including phenoxy) is 3. The van der Waals surface area contributed by atoms with E-state index in [2.05, 4.69) is 9.97 Å². The number of aromatic nitrogens is 2. The second-order valence-electron chi connectivity index (χ2n) is 6.31. The molecule has 2 heterocycles. The Balaban J connectivity index is 1.78. The predicted octanol–water partition coefficient (Wildman–Crippen LogP) is 2.31. The normalized spacial score (nSPS) is 14.1. The molecule has 28 heavy (non-hydrogen) atoms. The first kappa shape index (κ1) is 17.7. The summed E-state index contributed by atoms with van der Waals surface area (Å²) in [5.74, 6) is 2.55. The lowest BCUT2D eigenvalue weighted by Crippen LogP contribution is -2.25. The molecule has 1 aromatic heterocycles. The van der Waals surface area contributed by atoms with Gasteiger partial charge < -0.3 is 29.8 Å². The molecule has 1 aliphatic rings. The lowest BCUT2D eigenvalue weighted by Gasteiger charge is -2.20. The van der Waals surface area contributed by atoms with Crippen molar-refractivity contribution in [2.45, 2.75) is 0 Å². The van der Waals surface area contributed by atoms with Gasteiger partial charge in [-0.15, -0.1) is 0 Å². The van der Waals surface area contributed by atoms with Gasteiger partial charge in [0.2, 0.25) is 0 Å². The van der Waals surface area contributed by atoms with E-state index in [9.17, 15) is 4.79 Å². The number of hydrogen-bond donors (Lipinski definition) is 2. The van der Waals surface area contributed by atoms with Crippen LogP contribution < -0.4 is 24.8 Å². The Morgan fingerprint density at radius 3 is 2.32 bits per heavy atom. The molecule has 0 amide bonds. The van der Waals surface area contributed by atoms with Crippen LogP contribution in [-0.4, -0.2) is 43.6 Å². The van der Waals surface area contributed by atoms with E-state index in [1.54, 1.807) is 50.5 Å². The van der Waals surface area contributed by atoms with Crippen LogP contribution in [0.1, 0.15) is 5.82 Å². The van der Waals surface area contributed by atoms with E-state index >= 15 is 0 Å². The second kappa shape index (κ2) is 6.80. The molecule has 2 aromatic carbocycles. The van der Waals surface area contributed by atoms with Crippen LogP contribution in [-0.2, 0) is 4.79 Å². The van der Waals surface area contributed by atoms with Gasteiger partial charge in [-0.1, -0.05) is 0 Å². The number of aromatic amines is 1. The average molecular weight is 380 g/mol. The van der Waals surface area contributed by atoms with Crippen molar-refractivity contribution in [2.24, 2.45) is 5.73 Å². The molecule has 3 aromatic rings. The van der Waals surface area contributed by atoms with Gasteiger partial charge in [0.15, 0.2) is 5.78 Å². The minimum atomic E-state index is -0.120. The monoisotopic (exact) mass is 380 g/mol. The highest BCUT2D eigenvalue weighted by Crippen LogP contribution is 2.34. The maximum atomic E-state index is 12.8. The maximum Gasteiger partial charge on any atom is 0.189 e. The third kappa shape index (κ3) is 2.88. The largest absolute Gasteiger partial charge is 0.497 e. The number of fused-ring (bicyclic) bond motifs is 1. The summed E-state index contributed by atoms with van der Waals surface area (Å²) in [6, 6.07) is 10.8. The first-order chi connectivity index (χ1) is 13.5. The predicted molar refractivity (Wildman–Crippen MR) is 106 cm³/mol. The van der Waals surface area contributed by atoms with Crippen molar-refractivity contribution in [3.63, 3.8) is 0 Å². The summed E-state index contributed by atoms with van der Waals surface area (Å²) in [5, 5.41) is 0. The Hall–Kier alpha value is -3.68. The van der Waals surface area contributed by atoms with Crippen molar-refractivity contribution in [1.82, 2.24) is 9.97 Å². The van der Waals surface area contributed by atoms with Crippen LogP contribution in [0.25, 0.3) is 16.6 Å². The quantitative estimate of drug-likeness (QED) is 0.700. The Labute approximate surface area is 161 Å². The van der Waals surface area contributed by atoms with E-state index in [-0.39, 0.29) is 12.3 Å². The number of rotatable bonds is 5. The SMILES string of the molecule is COc1cc(OC)cc(N2CC(=O)C(c3nc4cc(OC)ccc4[nH]3)=C2N)c1. The van der Waals surface area contributed by atoms with E-state index in [1.807, 2.05) is 12.1 Å². The van der Waals surface area contributed by atoms with Crippen molar-refractivity contribution < 1.29 is 19.0 Å². The fraction of sp³-hybridized carbons (Fsp3) is 0.200. The number of carbonyl (C=O) groups excluding carboxylic acids is 1. The fourth-order valence-corrected chi connectivity index (χ4v) is 3.25. The summed E-state index contributed by atoms with van der Waals surface area (Å²) >= 11 is 0. The van der Waals surface area contributed by atoms with Gasteiger partial charge in [0.1, 0.15) is 34.5 Å². The van der Waals surface area contributed by atoms with Crippen LogP contribution in [0.4, 0.5) is 5.69 Å². The van der Waals surface area contributed by atoms with Crippen LogP contribution in [0.15, 0.2) is 42.2 Å². The number of nitrogens with zero attached hydrogens (tertiary/aromatic N) is 2. The number of H-pyrrole nitrogens is 1. The lowest BCUT2D eigenvalue weighted by atomic mass is 10.2. The maximum absolute atomic E-state index is 12.8. The van der Waals surface area contributed by atoms with E-state index in [0.717, 1.165) is 5.52 Å². The number of carbonyl (C=O) groups is 1. The number of ketones is 1. The second-order valence-corrected chi connectivity index (χ2v) is 6.31. The van der Waals surface area contributed by atoms with Crippen LogP contribution in [0, 0.1) is 0 Å². The van der Waals surface area contributed by atoms with Crippen LogP contribution in [0.3, 0.4) is 0 Å². The molecule has 4 rings (SSSR count). The van der Waals surface area contributed by atoms with Crippen LogP contribution in [0.2, 0.25) is 0 Å². The van der Waals surface area contributed by atoms with Gasteiger partial charge in [-0.05, 0) is 12.1 Å². The fourth-order valence-electron chi connectivity index (χ4n) is 3.25. The topological polar surface area (TPSA) is 103 Å². The Kier molecular flexibility index (Phi) is 4.31. The lowest BCUT2D eigenvalue weighted by molar-refractivity contribution is -0.112. The molecule has 1 aliphatic heterocycles.